The molecule has 2 nitrogen and oxygen atoms in total. The molecule has 1 N–H and O–H groups in total. The highest BCUT2D eigenvalue weighted by Crippen LogP contribution is 2.12. The van der Waals surface area contributed by atoms with Crippen LogP contribution in [0.2, 0.25) is 0 Å². The fourth-order valence-corrected chi connectivity index (χ4v) is 2.34. The molecule has 94 valence electrons. The minimum absolute atomic E-state index is 0.737. The summed E-state index contributed by atoms with van der Waals surface area (Å²) in [4.78, 5) is 0. The SMILES string of the molecule is c1ccc(CCCNCC2CCCOC2)cc1. The van der Waals surface area contributed by atoms with Gasteiger partial charge in [0.15, 0.2) is 0 Å². The Labute approximate surface area is 104 Å². The monoisotopic (exact) mass is 233 g/mol. The van der Waals surface area contributed by atoms with Crippen molar-refractivity contribution in [2.45, 2.75) is 25.7 Å². The van der Waals surface area contributed by atoms with E-state index in [1.807, 2.05) is 0 Å². The number of aryl methyl sites for hydroxylation is 1. The summed E-state index contributed by atoms with van der Waals surface area (Å²) in [6, 6.07) is 10.7. The van der Waals surface area contributed by atoms with Crippen molar-refractivity contribution in [2.24, 2.45) is 5.92 Å². The average molecular weight is 233 g/mol. The van der Waals surface area contributed by atoms with Crippen LogP contribution in [0.3, 0.4) is 0 Å². The highest BCUT2D eigenvalue weighted by Gasteiger charge is 2.12. The van der Waals surface area contributed by atoms with Gasteiger partial charge >= 0.3 is 0 Å². The number of benzene rings is 1. The van der Waals surface area contributed by atoms with Gasteiger partial charge in [0.25, 0.3) is 0 Å². The Bertz CT molecular complexity index is 293. The average Bonchev–Trinajstić information content (AvgIpc) is 2.41. The van der Waals surface area contributed by atoms with Crippen LogP contribution in [-0.2, 0) is 11.2 Å². The van der Waals surface area contributed by atoms with Crippen molar-refractivity contribution >= 4 is 0 Å². The second kappa shape index (κ2) is 7.46. The zero-order valence-corrected chi connectivity index (χ0v) is 10.5. The van der Waals surface area contributed by atoms with Gasteiger partial charge in [-0.1, -0.05) is 30.3 Å². The van der Waals surface area contributed by atoms with E-state index in [4.69, 9.17) is 4.74 Å². The number of ether oxygens (including phenoxy) is 1. The summed E-state index contributed by atoms with van der Waals surface area (Å²) < 4.78 is 5.47. The molecule has 1 saturated heterocycles. The predicted octanol–water partition coefficient (Wildman–Crippen LogP) is 2.64. The Morgan fingerprint density at radius 2 is 2.12 bits per heavy atom. The Hall–Kier alpha value is -0.860. The molecule has 0 saturated carbocycles. The highest BCUT2D eigenvalue weighted by molar-refractivity contribution is 5.14. The molecule has 1 fully saturated rings. The van der Waals surface area contributed by atoms with E-state index in [9.17, 15) is 0 Å². The molecule has 1 aliphatic heterocycles. The van der Waals surface area contributed by atoms with Crippen LogP contribution >= 0.6 is 0 Å². The van der Waals surface area contributed by atoms with Crippen LogP contribution in [-0.4, -0.2) is 26.3 Å². The van der Waals surface area contributed by atoms with Gasteiger partial charge in [0.05, 0.1) is 6.61 Å². The van der Waals surface area contributed by atoms with E-state index >= 15 is 0 Å². The molecular formula is C15H23NO. The fraction of sp³-hybridized carbons (Fsp3) is 0.600. The molecule has 1 aliphatic rings. The largest absolute Gasteiger partial charge is 0.381 e. The molecule has 1 aromatic carbocycles. The molecule has 1 heterocycles. The van der Waals surface area contributed by atoms with Gasteiger partial charge in [-0.3, -0.25) is 0 Å². The lowest BCUT2D eigenvalue weighted by molar-refractivity contribution is 0.0549. The van der Waals surface area contributed by atoms with Crippen molar-refractivity contribution in [3.05, 3.63) is 35.9 Å². The van der Waals surface area contributed by atoms with Gasteiger partial charge in [-0.2, -0.15) is 0 Å². The third-order valence-electron chi connectivity index (χ3n) is 3.35. The minimum atomic E-state index is 0.737. The molecule has 0 radical (unpaired) electrons. The van der Waals surface area contributed by atoms with Crippen LogP contribution in [0.25, 0.3) is 0 Å². The normalized spacial score (nSPS) is 20.4. The Balaban J connectivity index is 1.51. The summed E-state index contributed by atoms with van der Waals surface area (Å²) in [6.07, 6.45) is 4.95. The molecule has 0 amide bonds. The lowest BCUT2D eigenvalue weighted by atomic mass is 10.0. The molecule has 1 atom stereocenters. The van der Waals surface area contributed by atoms with Gasteiger partial charge in [0, 0.05) is 13.2 Å². The summed E-state index contributed by atoms with van der Waals surface area (Å²) in [5, 5.41) is 3.55. The van der Waals surface area contributed by atoms with Crippen molar-refractivity contribution in [1.82, 2.24) is 5.32 Å². The van der Waals surface area contributed by atoms with E-state index in [0.717, 1.165) is 32.2 Å². The summed E-state index contributed by atoms with van der Waals surface area (Å²) in [6.45, 7) is 4.15. The molecule has 17 heavy (non-hydrogen) atoms. The van der Waals surface area contributed by atoms with Crippen molar-refractivity contribution in [3.8, 4) is 0 Å². The third-order valence-corrected chi connectivity index (χ3v) is 3.35. The first kappa shape index (κ1) is 12.6. The quantitative estimate of drug-likeness (QED) is 0.763. The number of hydrogen-bond donors (Lipinski definition) is 1. The maximum atomic E-state index is 5.47. The van der Waals surface area contributed by atoms with E-state index < -0.39 is 0 Å². The smallest absolute Gasteiger partial charge is 0.0506 e. The lowest BCUT2D eigenvalue weighted by Gasteiger charge is -2.22. The second-order valence-electron chi connectivity index (χ2n) is 4.88. The molecule has 2 rings (SSSR count). The van der Waals surface area contributed by atoms with Crippen LogP contribution in [0.1, 0.15) is 24.8 Å². The zero-order valence-electron chi connectivity index (χ0n) is 10.5. The second-order valence-corrected chi connectivity index (χ2v) is 4.88. The molecule has 0 aromatic heterocycles. The van der Waals surface area contributed by atoms with Crippen molar-refractivity contribution < 1.29 is 4.74 Å². The first-order valence-electron chi connectivity index (χ1n) is 6.77. The standard InChI is InChI=1S/C15H23NO/c1-2-6-14(7-3-1)8-4-10-16-12-15-9-5-11-17-13-15/h1-3,6-7,15-16H,4-5,8-13H2. The van der Waals surface area contributed by atoms with E-state index in [1.165, 1.54) is 31.2 Å². The number of nitrogens with one attached hydrogen (secondary N) is 1. The lowest BCUT2D eigenvalue weighted by Crippen LogP contribution is -2.29. The Morgan fingerprint density at radius 1 is 1.24 bits per heavy atom. The van der Waals surface area contributed by atoms with Crippen molar-refractivity contribution in [1.29, 1.82) is 0 Å². The third kappa shape index (κ3) is 4.88. The topological polar surface area (TPSA) is 21.3 Å². The van der Waals surface area contributed by atoms with Crippen molar-refractivity contribution in [2.75, 3.05) is 26.3 Å². The van der Waals surface area contributed by atoms with Crippen LogP contribution in [0.4, 0.5) is 0 Å². The Kier molecular flexibility index (Phi) is 5.53. The summed E-state index contributed by atoms with van der Waals surface area (Å²) in [7, 11) is 0. The van der Waals surface area contributed by atoms with Gasteiger partial charge in [-0.15, -0.1) is 0 Å². The van der Waals surface area contributed by atoms with E-state index in [-0.39, 0.29) is 0 Å². The molecule has 0 bridgehead atoms. The van der Waals surface area contributed by atoms with Gasteiger partial charge in [0.1, 0.15) is 0 Å². The van der Waals surface area contributed by atoms with Gasteiger partial charge in [-0.25, -0.2) is 0 Å². The van der Waals surface area contributed by atoms with Crippen LogP contribution in [0, 0.1) is 5.92 Å². The highest BCUT2D eigenvalue weighted by atomic mass is 16.5. The van der Waals surface area contributed by atoms with Crippen LogP contribution in [0.5, 0.6) is 0 Å². The van der Waals surface area contributed by atoms with E-state index in [0.29, 0.717) is 0 Å². The van der Waals surface area contributed by atoms with Gasteiger partial charge < -0.3 is 10.1 Å². The van der Waals surface area contributed by atoms with Crippen LogP contribution < -0.4 is 5.32 Å². The molecule has 1 aromatic rings. The molecule has 0 spiro atoms. The number of hydrogen-bond acceptors (Lipinski definition) is 2. The fourth-order valence-electron chi connectivity index (χ4n) is 2.34. The van der Waals surface area contributed by atoms with Gasteiger partial charge in [-0.05, 0) is 43.7 Å². The van der Waals surface area contributed by atoms with Gasteiger partial charge in [0.2, 0.25) is 0 Å². The minimum Gasteiger partial charge on any atom is -0.381 e. The number of rotatable bonds is 6. The maximum absolute atomic E-state index is 5.47. The summed E-state index contributed by atoms with van der Waals surface area (Å²) in [5.74, 6) is 0.737. The van der Waals surface area contributed by atoms with E-state index in [2.05, 4.69) is 35.6 Å². The predicted molar refractivity (Wildman–Crippen MR) is 71.2 cm³/mol. The first-order valence-corrected chi connectivity index (χ1v) is 6.77. The van der Waals surface area contributed by atoms with Crippen molar-refractivity contribution in [3.63, 3.8) is 0 Å². The van der Waals surface area contributed by atoms with E-state index in [1.54, 1.807) is 0 Å². The molecule has 2 heteroatoms. The summed E-state index contributed by atoms with van der Waals surface area (Å²) in [5.41, 5.74) is 1.44. The molecular weight excluding hydrogens is 210 g/mol. The molecule has 0 aliphatic carbocycles. The van der Waals surface area contributed by atoms with Crippen LogP contribution in [0.15, 0.2) is 30.3 Å². The first-order chi connectivity index (χ1) is 8.45. The summed E-state index contributed by atoms with van der Waals surface area (Å²) >= 11 is 0. The Morgan fingerprint density at radius 3 is 2.88 bits per heavy atom. The molecule has 1 unspecified atom stereocenters. The zero-order chi connectivity index (χ0) is 11.8. The maximum Gasteiger partial charge on any atom is 0.0506 e.